The maximum absolute atomic E-state index is 10.7. The quantitative estimate of drug-likeness (QED) is 0.844. The first-order chi connectivity index (χ1) is 7.08. The summed E-state index contributed by atoms with van der Waals surface area (Å²) in [7, 11) is 0. The van der Waals surface area contributed by atoms with Crippen molar-refractivity contribution in [1.82, 2.24) is 0 Å². The van der Waals surface area contributed by atoms with Crippen molar-refractivity contribution in [2.45, 2.75) is 20.3 Å². The van der Waals surface area contributed by atoms with E-state index in [0.717, 1.165) is 10.4 Å². The van der Waals surface area contributed by atoms with E-state index in [1.54, 1.807) is 11.3 Å². The van der Waals surface area contributed by atoms with E-state index in [0.29, 0.717) is 0 Å². The molecule has 2 rings (SSSR count). The summed E-state index contributed by atoms with van der Waals surface area (Å²) in [5.74, 6) is -0.763. The van der Waals surface area contributed by atoms with Crippen LogP contribution in [0.3, 0.4) is 0 Å². The molecule has 1 N–H and O–H groups in total. The number of fused-ring (bicyclic) bond motifs is 1. The Labute approximate surface area is 92.2 Å². The molecular weight excluding hydrogens is 208 g/mol. The van der Waals surface area contributed by atoms with Gasteiger partial charge in [0.05, 0.1) is 6.42 Å². The minimum absolute atomic E-state index is 0.129. The average Bonchev–Trinajstić information content (AvgIpc) is 2.42. The number of aryl methyl sites for hydroxylation is 2. The molecule has 0 radical (unpaired) electrons. The number of hydrogen-bond donors (Lipinski definition) is 1. The first-order valence-electron chi connectivity index (χ1n) is 4.78. The van der Waals surface area contributed by atoms with Gasteiger partial charge in [0, 0.05) is 9.58 Å². The molecule has 0 saturated heterocycles. The van der Waals surface area contributed by atoms with Crippen molar-refractivity contribution >= 4 is 27.4 Å². The lowest BCUT2D eigenvalue weighted by atomic mass is 10.1. The van der Waals surface area contributed by atoms with Crippen molar-refractivity contribution in [2.24, 2.45) is 0 Å². The van der Waals surface area contributed by atoms with Crippen molar-refractivity contribution in [3.63, 3.8) is 0 Å². The number of carbonyl (C=O) groups is 1. The molecule has 78 valence electrons. The maximum atomic E-state index is 10.7. The Kier molecular flexibility index (Phi) is 2.49. The van der Waals surface area contributed by atoms with Crippen molar-refractivity contribution in [1.29, 1.82) is 0 Å². The summed E-state index contributed by atoms with van der Waals surface area (Å²) in [5.41, 5.74) is 2.32. The number of aliphatic carboxylic acids is 1. The van der Waals surface area contributed by atoms with Crippen LogP contribution < -0.4 is 0 Å². The second-order valence-corrected chi connectivity index (χ2v) is 4.86. The molecule has 2 nitrogen and oxygen atoms in total. The zero-order chi connectivity index (χ0) is 11.0. The van der Waals surface area contributed by atoms with Crippen LogP contribution in [0.4, 0.5) is 0 Å². The van der Waals surface area contributed by atoms with Gasteiger partial charge in [-0.3, -0.25) is 4.79 Å². The van der Waals surface area contributed by atoms with Gasteiger partial charge in [-0.1, -0.05) is 12.1 Å². The number of rotatable bonds is 2. The Morgan fingerprint density at radius 2 is 2.13 bits per heavy atom. The van der Waals surface area contributed by atoms with Crippen LogP contribution in [0.25, 0.3) is 10.1 Å². The fourth-order valence-electron chi connectivity index (χ4n) is 1.69. The summed E-state index contributed by atoms with van der Waals surface area (Å²) in [6.07, 6.45) is 0.129. The van der Waals surface area contributed by atoms with Gasteiger partial charge in [0.1, 0.15) is 0 Å². The standard InChI is InChI=1S/C12H12O2S/c1-7-3-4-9-8(2)10(6-12(13)14)15-11(9)5-7/h3-5H,6H2,1-2H3,(H,13,14). The third-order valence-corrected chi connectivity index (χ3v) is 3.76. The van der Waals surface area contributed by atoms with Gasteiger partial charge in [0.2, 0.25) is 0 Å². The summed E-state index contributed by atoms with van der Waals surface area (Å²) in [4.78, 5) is 11.6. The van der Waals surface area contributed by atoms with E-state index in [2.05, 4.69) is 18.2 Å². The minimum atomic E-state index is -0.763. The molecule has 3 heteroatoms. The van der Waals surface area contributed by atoms with Crippen LogP contribution in [0, 0.1) is 13.8 Å². The van der Waals surface area contributed by atoms with Gasteiger partial charge in [-0.05, 0) is 36.4 Å². The lowest BCUT2D eigenvalue weighted by Crippen LogP contribution is -1.98. The molecule has 0 atom stereocenters. The molecule has 1 aromatic heterocycles. The van der Waals surface area contributed by atoms with Gasteiger partial charge in [-0.15, -0.1) is 11.3 Å². The van der Waals surface area contributed by atoms with Crippen LogP contribution in [0.1, 0.15) is 16.0 Å². The topological polar surface area (TPSA) is 37.3 Å². The van der Waals surface area contributed by atoms with Gasteiger partial charge in [0.15, 0.2) is 0 Å². The molecular formula is C12H12O2S. The molecule has 1 heterocycles. The zero-order valence-electron chi connectivity index (χ0n) is 8.70. The van der Waals surface area contributed by atoms with E-state index >= 15 is 0 Å². The summed E-state index contributed by atoms with van der Waals surface area (Å²) >= 11 is 1.59. The second-order valence-electron chi connectivity index (χ2n) is 3.72. The van der Waals surface area contributed by atoms with Crippen molar-refractivity contribution < 1.29 is 9.90 Å². The highest BCUT2D eigenvalue weighted by Crippen LogP contribution is 2.31. The van der Waals surface area contributed by atoms with E-state index in [1.165, 1.54) is 15.6 Å². The largest absolute Gasteiger partial charge is 0.481 e. The van der Waals surface area contributed by atoms with Gasteiger partial charge in [-0.2, -0.15) is 0 Å². The van der Waals surface area contributed by atoms with Crippen LogP contribution in [0.2, 0.25) is 0 Å². The molecule has 1 aromatic carbocycles. The highest BCUT2D eigenvalue weighted by atomic mass is 32.1. The Bertz CT molecular complexity index is 526. The number of thiophene rings is 1. The third-order valence-electron chi connectivity index (χ3n) is 2.50. The SMILES string of the molecule is Cc1ccc2c(C)c(CC(=O)O)sc2c1. The highest BCUT2D eigenvalue weighted by Gasteiger charge is 2.10. The molecule has 0 bridgehead atoms. The van der Waals surface area contributed by atoms with Gasteiger partial charge in [0.25, 0.3) is 0 Å². The van der Waals surface area contributed by atoms with Crippen LogP contribution in [0.5, 0.6) is 0 Å². The fraction of sp³-hybridized carbons (Fsp3) is 0.250. The van der Waals surface area contributed by atoms with Crippen molar-refractivity contribution in [2.75, 3.05) is 0 Å². The second kappa shape index (κ2) is 3.66. The van der Waals surface area contributed by atoms with Crippen LogP contribution in [-0.2, 0) is 11.2 Å². The highest BCUT2D eigenvalue weighted by molar-refractivity contribution is 7.19. The van der Waals surface area contributed by atoms with Crippen molar-refractivity contribution in [3.05, 3.63) is 34.2 Å². The number of carboxylic acid groups (broad SMARTS) is 1. The molecule has 15 heavy (non-hydrogen) atoms. The molecule has 0 unspecified atom stereocenters. The van der Waals surface area contributed by atoms with Crippen molar-refractivity contribution in [3.8, 4) is 0 Å². The average molecular weight is 220 g/mol. The van der Waals surface area contributed by atoms with E-state index < -0.39 is 5.97 Å². The van der Waals surface area contributed by atoms with E-state index in [-0.39, 0.29) is 6.42 Å². The predicted octanol–water partition coefficient (Wildman–Crippen LogP) is 3.15. The molecule has 2 aromatic rings. The van der Waals surface area contributed by atoms with Crippen LogP contribution in [0.15, 0.2) is 18.2 Å². The zero-order valence-corrected chi connectivity index (χ0v) is 9.52. The number of benzene rings is 1. The predicted molar refractivity (Wildman–Crippen MR) is 62.6 cm³/mol. The van der Waals surface area contributed by atoms with Gasteiger partial charge >= 0.3 is 5.97 Å². The van der Waals surface area contributed by atoms with E-state index in [1.807, 2.05) is 13.8 Å². The van der Waals surface area contributed by atoms with Crippen LogP contribution in [-0.4, -0.2) is 11.1 Å². The maximum Gasteiger partial charge on any atom is 0.308 e. The lowest BCUT2D eigenvalue weighted by Gasteiger charge is -1.94. The minimum Gasteiger partial charge on any atom is -0.481 e. The first-order valence-corrected chi connectivity index (χ1v) is 5.60. The van der Waals surface area contributed by atoms with Gasteiger partial charge < -0.3 is 5.11 Å². The molecule has 0 saturated carbocycles. The Hall–Kier alpha value is -1.35. The molecule has 0 aliphatic rings. The summed E-state index contributed by atoms with van der Waals surface area (Å²) in [5, 5.41) is 9.96. The monoisotopic (exact) mass is 220 g/mol. The number of carboxylic acids is 1. The van der Waals surface area contributed by atoms with Gasteiger partial charge in [-0.25, -0.2) is 0 Å². The van der Waals surface area contributed by atoms with Crippen LogP contribution >= 0.6 is 11.3 Å². The normalized spacial score (nSPS) is 10.8. The van der Waals surface area contributed by atoms with E-state index in [4.69, 9.17) is 5.11 Å². The Morgan fingerprint density at radius 3 is 2.80 bits per heavy atom. The molecule has 0 spiro atoms. The number of hydrogen-bond acceptors (Lipinski definition) is 2. The lowest BCUT2D eigenvalue weighted by molar-refractivity contribution is -0.136. The molecule has 0 aliphatic carbocycles. The fourth-order valence-corrected chi connectivity index (χ4v) is 2.99. The Morgan fingerprint density at radius 1 is 1.40 bits per heavy atom. The smallest absolute Gasteiger partial charge is 0.308 e. The Balaban J connectivity index is 2.58. The van der Waals surface area contributed by atoms with E-state index in [9.17, 15) is 4.79 Å². The summed E-state index contributed by atoms with van der Waals surface area (Å²) < 4.78 is 1.18. The molecule has 0 aliphatic heterocycles. The summed E-state index contributed by atoms with van der Waals surface area (Å²) in [6.45, 7) is 4.04. The molecule has 0 fully saturated rings. The first kappa shape index (κ1) is 10.2. The molecule has 0 amide bonds. The summed E-state index contributed by atoms with van der Waals surface area (Å²) in [6, 6.07) is 6.24. The third kappa shape index (κ3) is 1.88.